The largest absolute Gasteiger partial charge is 0.465 e. The van der Waals surface area contributed by atoms with Gasteiger partial charge in [-0.15, -0.1) is 11.3 Å². The number of hydrogen-bond donors (Lipinski definition) is 3. The minimum absolute atomic E-state index is 0.261. The Morgan fingerprint density at radius 2 is 2.11 bits per heavy atom. The Kier molecular flexibility index (Phi) is 5.02. The summed E-state index contributed by atoms with van der Waals surface area (Å²) in [6, 6.07) is -1.05. The van der Waals surface area contributed by atoms with Crippen molar-refractivity contribution in [3.8, 4) is 0 Å². The molecule has 1 heterocycles. The maximum Gasteiger partial charge on any atom is 0.350 e. The summed E-state index contributed by atoms with van der Waals surface area (Å²) < 4.78 is 4.61. The van der Waals surface area contributed by atoms with Gasteiger partial charge in [-0.25, -0.2) is 4.79 Å². The number of rotatable bonds is 5. The first-order valence-corrected chi connectivity index (χ1v) is 6.26. The van der Waals surface area contributed by atoms with E-state index in [-0.39, 0.29) is 11.3 Å². The minimum atomic E-state index is -1.05. The van der Waals surface area contributed by atoms with E-state index in [2.05, 4.69) is 10.1 Å². The van der Waals surface area contributed by atoms with Crippen LogP contribution in [0.4, 0.5) is 5.69 Å². The number of carbonyl (C=O) groups excluding carboxylic acids is 3. The Morgan fingerprint density at radius 1 is 1.47 bits per heavy atom. The summed E-state index contributed by atoms with van der Waals surface area (Å²) in [5.41, 5.74) is 11.5. The van der Waals surface area contributed by atoms with Crippen LogP contribution in [0.3, 0.4) is 0 Å². The van der Waals surface area contributed by atoms with Crippen LogP contribution in [0.1, 0.15) is 21.7 Å². The lowest BCUT2D eigenvalue weighted by molar-refractivity contribution is -0.123. The molecule has 7 nitrogen and oxygen atoms in total. The molecule has 1 rings (SSSR count). The minimum Gasteiger partial charge on any atom is -0.465 e. The molecule has 0 radical (unpaired) electrons. The van der Waals surface area contributed by atoms with Crippen molar-refractivity contribution in [1.29, 1.82) is 0 Å². The molecule has 1 atom stereocenters. The summed E-state index contributed by atoms with van der Waals surface area (Å²) in [6.45, 7) is 1.73. The number of thiophene rings is 1. The number of carbonyl (C=O) groups is 3. The van der Waals surface area contributed by atoms with Gasteiger partial charge in [-0.2, -0.15) is 0 Å². The van der Waals surface area contributed by atoms with Crippen LogP contribution in [0.5, 0.6) is 0 Å². The first-order valence-electron chi connectivity index (χ1n) is 5.38. The number of hydrogen-bond acceptors (Lipinski definition) is 6. The number of methoxy groups -OCH3 is 1. The van der Waals surface area contributed by atoms with E-state index in [1.165, 1.54) is 7.11 Å². The van der Waals surface area contributed by atoms with Crippen LogP contribution in [0.2, 0.25) is 0 Å². The van der Waals surface area contributed by atoms with Gasteiger partial charge in [-0.3, -0.25) is 9.59 Å². The van der Waals surface area contributed by atoms with Crippen molar-refractivity contribution in [2.45, 2.75) is 19.4 Å². The van der Waals surface area contributed by atoms with Crippen molar-refractivity contribution < 1.29 is 19.1 Å². The number of anilines is 1. The number of nitrogens with two attached hydrogens (primary N) is 2. The molecule has 0 fully saturated rings. The zero-order valence-electron chi connectivity index (χ0n) is 10.6. The maximum atomic E-state index is 11.8. The highest BCUT2D eigenvalue weighted by molar-refractivity contribution is 7.12. The fraction of sp³-hybridized carbons (Fsp3) is 0.364. The Bertz CT molecular complexity index is 512. The molecular formula is C11H15N3O4S. The third kappa shape index (κ3) is 3.76. The van der Waals surface area contributed by atoms with Crippen LogP contribution < -0.4 is 16.8 Å². The highest BCUT2D eigenvalue weighted by Crippen LogP contribution is 2.28. The molecule has 0 saturated heterocycles. The van der Waals surface area contributed by atoms with Crippen LogP contribution in [-0.4, -0.2) is 30.9 Å². The summed E-state index contributed by atoms with van der Waals surface area (Å²) in [5, 5.41) is 4.23. The third-order valence-electron chi connectivity index (χ3n) is 2.35. The van der Waals surface area contributed by atoms with Gasteiger partial charge in [0.05, 0.1) is 25.3 Å². The van der Waals surface area contributed by atoms with Gasteiger partial charge < -0.3 is 21.5 Å². The number of amides is 2. The average Bonchev–Trinajstić information content (AvgIpc) is 2.69. The van der Waals surface area contributed by atoms with Crippen LogP contribution in [-0.2, 0) is 14.3 Å². The second-order valence-corrected chi connectivity index (χ2v) is 4.76. The summed E-state index contributed by atoms with van der Waals surface area (Å²) in [4.78, 5) is 34.3. The zero-order chi connectivity index (χ0) is 14.6. The number of aryl methyl sites for hydroxylation is 1. The lowest BCUT2D eigenvalue weighted by Crippen LogP contribution is -2.39. The molecule has 0 aromatic carbocycles. The molecule has 0 aliphatic heterocycles. The van der Waals surface area contributed by atoms with Crippen LogP contribution in [0.15, 0.2) is 5.38 Å². The van der Waals surface area contributed by atoms with Crippen LogP contribution in [0.25, 0.3) is 0 Å². The molecular weight excluding hydrogens is 270 g/mol. The molecule has 1 aromatic rings. The fourth-order valence-corrected chi connectivity index (χ4v) is 2.29. The fourth-order valence-electron chi connectivity index (χ4n) is 1.37. The zero-order valence-corrected chi connectivity index (χ0v) is 11.4. The maximum absolute atomic E-state index is 11.8. The van der Waals surface area contributed by atoms with Gasteiger partial charge in [-0.1, -0.05) is 0 Å². The highest BCUT2D eigenvalue weighted by atomic mass is 32.1. The van der Waals surface area contributed by atoms with Gasteiger partial charge in [0.15, 0.2) is 0 Å². The SMILES string of the molecule is COC(=O)c1scc(C)c1NC(=O)C(N)CC(N)=O. The average molecular weight is 285 g/mol. The van der Waals surface area contributed by atoms with Gasteiger partial charge in [0.25, 0.3) is 0 Å². The highest BCUT2D eigenvalue weighted by Gasteiger charge is 2.22. The second-order valence-electron chi connectivity index (χ2n) is 3.88. The number of esters is 1. The molecule has 0 saturated carbocycles. The summed E-state index contributed by atoms with van der Waals surface area (Å²) in [6.07, 6.45) is -0.261. The van der Waals surface area contributed by atoms with Crippen molar-refractivity contribution in [1.82, 2.24) is 0 Å². The van der Waals surface area contributed by atoms with Gasteiger partial charge in [0.1, 0.15) is 4.88 Å². The van der Waals surface area contributed by atoms with E-state index in [1.807, 2.05) is 0 Å². The van der Waals surface area contributed by atoms with E-state index in [4.69, 9.17) is 11.5 Å². The molecule has 0 bridgehead atoms. The van der Waals surface area contributed by atoms with E-state index in [9.17, 15) is 14.4 Å². The normalized spacial score (nSPS) is 11.7. The Balaban J connectivity index is 2.87. The van der Waals surface area contributed by atoms with E-state index in [1.54, 1.807) is 12.3 Å². The van der Waals surface area contributed by atoms with Crippen molar-refractivity contribution in [3.63, 3.8) is 0 Å². The molecule has 0 aliphatic carbocycles. The quantitative estimate of drug-likeness (QED) is 0.656. The Morgan fingerprint density at radius 3 is 2.63 bits per heavy atom. The van der Waals surface area contributed by atoms with Crippen molar-refractivity contribution in [3.05, 3.63) is 15.8 Å². The van der Waals surface area contributed by atoms with Crippen molar-refractivity contribution in [2.75, 3.05) is 12.4 Å². The molecule has 5 N–H and O–H groups in total. The monoisotopic (exact) mass is 285 g/mol. The molecule has 0 spiro atoms. The summed E-state index contributed by atoms with van der Waals surface area (Å²) >= 11 is 1.15. The topological polar surface area (TPSA) is 125 Å². The van der Waals surface area contributed by atoms with E-state index < -0.39 is 23.8 Å². The smallest absolute Gasteiger partial charge is 0.350 e. The summed E-state index contributed by atoms with van der Waals surface area (Å²) in [7, 11) is 1.25. The van der Waals surface area contributed by atoms with E-state index >= 15 is 0 Å². The van der Waals surface area contributed by atoms with Gasteiger partial charge in [0, 0.05) is 0 Å². The van der Waals surface area contributed by atoms with Gasteiger partial charge in [-0.05, 0) is 17.9 Å². The number of nitrogens with one attached hydrogen (secondary N) is 1. The lowest BCUT2D eigenvalue weighted by atomic mass is 10.2. The first kappa shape index (κ1) is 15.1. The predicted octanol–water partition coefficient (Wildman–Crippen LogP) is -0.0157. The van der Waals surface area contributed by atoms with E-state index in [0.717, 1.165) is 11.3 Å². The standard InChI is InChI=1S/C11H15N3O4S/c1-5-4-19-9(11(17)18-2)8(5)14-10(16)6(12)3-7(13)15/h4,6H,3,12H2,1-2H3,(H2,13,15)(H,14,16). The van der Waals surface area contributed by atoms with Crippen LogP contribution in [0, 0.1) is 6.92 Å². The number of primary amides is 1. The third-order valence-corrected chi connectivity index (χ3v) is 3.43. The van der Waals surface area contributed by atoms with E-state index in [0.29, 0.717) is 11.3 Å². The number of ether oxygens (including phenoxy) is 1. The van der Waals surface area contributed by atoms with Gasteiger partial charge in [0.2, 0.25) is 11.8 Å². The Labute approximate surface area is 113 Å². The molecule has 1 aromatic heterocycles. The lowest BCUT2D eigenvalue weighted by Gasteiger charge is -2.11. The molecule has 0 aliphatic rings. The van der Waals surface area contributed by atoms with Crippen molar-refractivity contribution in [2.24, 2.45) is 11.5 Å². The van der Waals surface area contributed by atoms with Crippen molar-refractivity contribution >= 4 is 34.8 Å². The Hall–Kier alpha value is -1.93. The van der Waals surface area contributed by atoms with Gasteiger partial charge >= 0.3 is 5.97 Å². The van der Waals surface area contributed by atoms with Crippen LogP contribution >= 0.6 is 11.3 Å². The summed E-state index contributed by atoms with van der Waals surface area (Å²) in [5.74, 6) is -1.79. The predicted molar refractivity (Wildman–Crippen MR) is 70.8 cm³/mol. The molecule has 104 valence electrons. The molecule has 1 unspecified atom stereocenters. The molecule has 19 heavy (non-hydrogen) atoms. The molecule has 2 amide bonds. The molecule has 8 heteroatoms. The second kappa shape index (κ2) is 6.30. The first-order chi connectivity index (χ1) is 8.86.